The fourth-order valence-corrected chi connectivity index (χ4v) is 1.94. The van der Waals surface area contributed by atoms with Crippen LogP contribution in [0.5, 0.6) is 0 Å². The second-order valence-electron chi connectivity index (χ2n) is 5.44. The number of carboxylic acid groups (broad SMARTS) is 1. The SMILES string of the molecule is CC(C(=O)O)C(=O)NC1C(C)(C)C1(C)C. The average Bonchev–Trinajstić information content (AvgIpc) is 2.46. The van der Waals surface area contributed by atoms with Gasteiger partial charge >= 0.3 is 5.97 Å². The smallest absolute Gasteiger partial charge is 0.315 e. The standard InChI is InChI=1S/C11H19NO3/c1-6(8(14)15)7(13)12-9-10(2,3)11(9,4)5/h6,9H,1-5H3,(H,12,13)(H,14,15). The van der Waals surface area contributed by atoms with Crippen molar-refractivity contribution < 1.29 is 14.7 Å². The molecule has 0 aromatic carbocycles. The summed E-state index contributed by atoms with van der Waals surface area (Å²) in [4.78, 5) is 22.1. The average molecular weight is 213 g/mol. The highest BCUT2D eigenvalue weighted by Gasteiger charge is 2.65. The van der Waals surface area contributed by atoms with E-state index in [-0.39, 0.29) is 16.9 Å². The number of carboxylic acids is 1. The lowest BCUT2D eigenvalue weighted by molar-refractivity contribution is -0.146. The molecular formula is C11H19NO3. The number of nitrogens with one attached hydrogen (secondary N) is 1. The van der Waals surface area contributed by atoms with Crippen molar-refractivity contribution in [1.82, 2.24) is 5.32 Å². The van der Waals surface area contributed by atoms with Crippen LogP contribution < -0.4 is 5.32 Å². The minimum absolute atomic E-state index is 0.0425. The van der Waals surface area contributed by atoms with Gasteiger partial charge in [-0.1, -0.05) is 27.7 Å². The summed E-state index contributed by atoms with van der Waals surface area (Å²) in [7, 11) is 0. The molecule has 1 rings (SSSR count). The fourth-order valence-electron chi connectivity index (χ4n) is 1.94. The van der Waals surface area contributed by atoms with E-state index in [2.05, 4.69) is 33.0 Å². The number of carbonyl (C=O) groups excluding carboxylic acids is 1. The van der Waals surface area contributed by atoms with Gasteiger partial charge < -0.3 is 10.4 Å². The molecule has 4 heteroatoms. The third-order valence-corrected chi connectivity index (χ3v) is 4.07. The van der Waals surface area contributed by atoms with E-state index in [1.54, 1.807) is 0 Å². The first-order chi connectivity index (χ1) is 6.62. The molecule has 0 radical (unpaired) electrons. The van der Waals surface area contributed by atoms with Crippen LogP contribution >= 0.6 is 0 Å². The van der Waals surface area contributed by atoms with Crippen molar-refractivity contribution in [3.8, 4) is 0 Å². The minimum Gasteiger partial charge on any atom is -0.481 e. The van der Waals surface area contributed by atoms with Gasteiger partial charge in [-0.2, -0.15) is 0 Å². The molecule has 1 unspecified atom stereocenters. The molecular weight excluding hydrogens is 194 g/mol. The summed E-state index contributed by atoms with van der Waals surface area (Å²) in [5.74, 6) is -2.45. The van der Waals surface area contributed by atoms with Gasteiger partial charge in [0.05, 0.1) is 0 Å². The zero-order valence-corrected chi connectivity index (χ0v) is 9.92. The number of carbonyl (C=O) groups is 2. The molecule has 0 aliphatic heterocycles. The Labute approximate surface area is 90.0 Å². The van der Waals surface area contributed by atoms with E-state index in [1.165, 1.54) is 6.92 Å². The number of amides is 1. The predicted octanol–water partition coefficient (Wildman–Crippen LogP) is 1.26. The minimum atomic E-state index is -1.08. The van der Waals surface area contributed by atoms with Gasteiger partial charge in [0, 0.05) is 6.04 Å². The highest BCUT2D eigenvalue weighted by Crippen LogP contribution is 2.62. The zero-order valence-electron chi connectivity index (χ0n) is 9.92. The molecule has 1 aliphatic rings. The summed E-state index contributed by atoms with van der Waals surface area (Å²) >= 11 is 0. The third kappa shape index (κ3) is 1.73. The molecule has 1 amide bonds. The maximum atomic E-state index is 11.5. The van der Waals surface area contributed by atoms with Crippen molar-refractivity contribution in [3.05, 3.63) is 0 Å². The molecule has 1 fully saturated rings. The van der Waals surface area contributed by atoms with Crippen LogP contribution in [0.3, 0.4) is 0 Å². The summed E-state index contributed by atoms with van der Waals surface area (Å²) in [6.07, 6.45) is 0. The number of rotatable bonds is 3. The van der Waals surface area contributed by atoms with Crippen molar-refractivity contribution in [2.75, 3.05) is 0 Å². The summed E-state index contributed by atoms with van der Waals surface area (Å²) in [5, 5.41) is 11.5. The second-order valence-corrected chi connectivity index (χ2v) is 5.44. The van der Waals surface area contributed by atoms with Crippen LogP contribution in [0, 0.1) is 16.7 Å². The second kappa shape index (κ2) is 3.22. The first-order valence-electron chi connectivity index (χ1n) is 5.15. The lowest BCUT2D eigenvalue weighted by atomic mass is 10.0. The zero-order chi connectivity index (χ0) is 12.0. The highest BCUT2D eigenvalue weighted by molar-refractivity contribution is 5.96. The molecule has 0 aromatic rings. The largest absolute Gasteiger partial charge is 0.481 e. The van der Waals surface area contributed by atoms with E-state index >= 15 is 0 Å². The van der Waals surface area contributed by atoms with Crippen molar-refractivity contribution in [2.24, 2.45) is 16.7 Å². The number of aliphatic carboxylic acids is 1. The molecule has 1 aliphatic carbocycles. The van der Waals surface area contributed by atoms with Gasteiger partial charge in [-0.15, -0.1) is 0 Å². The summed E-state index contributed by atoms with van der Waals surface area (Å²) in [5.41, 5.74) is 0.0851. The Morgan fingerprint density at radius 2 is 1.60 bits per heavy atom. The van der Waals surface area contributed by atoms with Crippen LogP contribution in [0.25, 0.3) is 0 Å². The molecule has 1 atom stereocenters. The van der Waals surface area contributed by atoms with Gasteiger partial charge in [0.25, 0.3) is 0 Å². The number of hydrogen-bond donors (Lipinski definition) is 2. The van der Waals surface area contributed by atoms with Gasteiger partial charge in [0.15, 0.2) is 0 Å². The van der Waals surface area contributed by atoms with E-state index in [9.17, 15) is 9.59 Å². The van der Waals surface area contributed by atoms with Gasteiger partial charge in [0.1, 0.15) is 5.92 Å². The van der Waals surface area contributed by atoms with E-state index < -0.39 is 17.8 Å². The monoisotopic (exact) mass is 213 g/mol. The highest BCUT2D eigenvalue weighted by atomic mass is 16.4. The van der Waals surface area contributed by atoms with Crippen molar-refractivity contribution in [1.29, 1.82) is 0 Å². The molecule has 15 heavy (non-hydrogen) atoms. The van der Waals surface area contributed by atoms with E-state index in [1.807, 2.05) is 0 Å². The van der Waals surface area contributed by atoms with Crippen molar-refractivity contribution in [3.63, 3.8) is 0 Å². The molecule has 2 N–H and O–H groups in total. The molecule has 0 saturated heterocycles. The molecule has 0 heterocycles. The first kappa shape index (κ1) is 12.0. The predicted molar refractivity (Wildman–Crippen MR) is 56.3 cm³/mol. The summed E-state index contributed by atoms with van der Waals surface area (Å²) in [6, 6.07) is 0.0688. The summed E-state index contributed by atoms with van der Waals surface area (Å²) in [6.45, 7) is 9.69. The van der Waals surface area contributed by atoms with Gasteiger partial charge in [0.2, 0.25) is 5.91 Å². The maximum absolute atomic E-state index is 11.5. The lowest BCUT2D eigenvalue weighted by Gasteiger charge is -2.09. The van der Waals surface area contributed by atoms with Crippen LogP contribution in [0.4, 0.5) is 0 Å². The van der Waals surface area contributed by atoms with Gasteiger partial charge in [-0.25, -0.2) is 0 Å². The van der Waals surface area contributed by atoms with Crippen LogP contribution in [0.2, 0.25) is 0 Å². The molecule has 0 bridgehead atoms. The third-order valence-electron chi connectivity index (χ3n) is 4.07. The van der Waals surface area contributed by atoms with Crippen LogP contribution in [0.1, 0.15) is 34.6 Å². The molecule has 0 aromatic heterocycles. The summed E-state index contributed by atoms with van der Waals surface area (Å²) < 4.78 is 0. The van der Waals surface area contributed by atoms with Crippen molar-refractivity contribution in [2.45, 2.75) is 40.7 Å². The Morgan fingerprint density at radius 3 is 1.87 bits per heavy atom. The normalized spacial score (nSPS) is 24.3. The van der Waals surface area contributed by atoms with Gasteiger partial charge in [-0.3, -0.25) is 9.59 Å². The first-order valence-corrected chi connectivity index (χ1v) is 5.15. The topological polar surface area (TPSA) is 66.4 Å². The molecule has 86 valence electrons. The Kier molecular flexibility index (Phi) is 2.58. The van der Waals surface area contributed by atoms with Crippen LogP contribution in [0.15, 0.2) is 0 Å². The van der Waals surface area contributed by atoms with Crippen molar-refractivity contribution >= 4 is 11.9 Å². The van der Waals surface area contributed by atoms with E-state index in [4.69, 9.17) is 5.11 Å². The Hall–Kier alpha value is -1.06. The fraction of sp³-hybridized carbons (Fsp3) is 0.818. The van der Waals surface area contributed by atoms with Gasteiger partial charge in [-0.05, 0) is 17.8 Å². The molecule has 0 spiro atoms. The Morgan fingerprint density at radius 1 is 1.20 bits per heavy atom. The quantitative estimate of drug-likeness (QED) is 0.693. The maximum Gasteiger partial charge on any atom is 0.315 e. The molecule has 4 nitrogen and oxygen atoms in total. The Balaban J connectivity index is 2.60. The van der Waals surface area contributed by atoms with Crippen LogP contribution in [-0.4, -0.2) is 23.0 Å². The number of hydrogen-bond acceptors (Lipinski definition) is 2. The lowest BCUT2D eigenvalue weighted by Crippen LogP contribution is -2.37. The van der Waals surface area contributed by atoms with Crippen LogP contribution in [-0.2, 0) is 9.59 Å². The Bertz CT molecular complexity index is 293. The van der Waals surface area contributed by atoms with E-state index in [0.29, 0.717) is 0 Å². The molecule has 1 saturated carbocycles. The van der Waals surface area contributed by atoms with E-state index in [0.717, 1.165) is 0 Å².